The molecule has 0 radical (unpaired) electrons. The number of hydrogen-bond acceptors (Lipinski definition) is 5. The van der Waals surface area contributed by atoms with Crippen LogP contribution in [0.5, 0.6) is 11.5 Å². The first-order valence-electron chi connectivity index (χ1n) is 9.30. The first kappa shape index (κ1) is 23.8. The van der Waals surface area contributed by atoms with Gasteiger partial charge in [0, 0.05) is 15.1 Å². The molecule has 32 heavy (non-hydrogen) atoms. The summed E-state index contributed by atoms with van der Waals surface area (Å²) in [6.07, 6.45) is 1.37. The van der Waals surface area contributed by atoms with Gasteiger partial charge in [-0.15, -0.1) is 0 Å². The normalized spacial score (nSPS) is 10.8. The van der Waals surface area contributed by atoms with Crippen LogP contribution in [0.15, 0.2) is 70.2 Å². The number of amides is 1. The van der Waals surface area contributed by atoms with Crippen LogP contribution >= 0.6 is 39.1 Å². The van der Waals surface area contributed by atoms with E-state index in [9.17, 15) is 9.59 Å². The molecule has 164 valence electrons. The van der Waals surface area contributed by atoms with Crippen LogP contribution in [0.25, 0.3) is 0 Å². The van der Waals surface area contributed by atoms with Gasteiger partial charge >= 0.3 is 5.97 Å². The van der Waals surface area contributed by atoms with Crippen molar-refractivity contribution in [2.75, 3.05) is 6.61 Å². The average Bonchev–Trinajstić information content (AvgIpc) is 2.75. The molecule has 3 aromatic carbocycles. The summed E-state index contributed by atoms with van der Waals surface area (Å²) in [7, 11) is 0. The molecule has 1 N–H and O–H groups in total. The molecule has 0 aliphatic carbocycles. The second-order valence-electron chi connectivity index (χ2n) is 6.54. The molecule has 3 aromatic rings. The average molecular weight is 536 g/mol. The summed E-state index contributed by atoms with van der Waals surface area (Å²) in [5.74, 6) is -0.366. The van der Waals surface area contributed by atoms with Gasteiger partial charge in [0.25, 0.3) is 5.91 Å². The smallest absolute Gasteiger partial charge is 0.343 e. The second kappa shape index (κ2) is 11.1. The van der Waals surface area contributed by atoms with Crippen LogP contribution in [0.2, 0.25) is 10.0 Å². The lowest BCUT2D eigenvalue weighted by atomic mass is 10.1. The number of ether oxygens (including phenoxy) is 2. The van der Waals surface area contributed by atoms with E-state index in [1.54, 1.807) is 42.5 Å². The van der Waals surface area contributed by atoms with E-state index in [1.165, 1.54) is 12.3 Å². The molecule has 9 heteroatoms. The van der Waals surface area contributed by atoms with E-state index in [2.05, 4.69) is 26.5 Å². The van der Waals surface area contributed by atoms with Crippen LogP contribution in [0.1, 0.15) is 21.5 Å². The Labute approximate surface area is 203 Å². The molecule has 0 atom stereocenters. The molecule has 0 bridgehead atoms. The minimum absolute atomic E-state index is 0.294. The monoisotopic (exact) mass is 534 g/mol. The highest BCUT2D eigenvalue weighted by atomic mass is 79.9. The van der Waals surface area contributed by atoms with Gasteiger partial charge in [0.15, 0.2) is 6.61 Å². The zero-order valence-corrected chi connectivity index (χ0v) is 19.9. The molecule has 0 aliphatic heterocycles. The Bertz CT molecular complexity index is 1180. The van der Waals surface area contributed by atoms with Crippen LogP contribution in [0, 0.1) is 6.92 Å². The van der Waals surface area contributed by atoms with E-state index in [-0.39, 0.29) is 6.61 Å². The van der Waals surface area contributed by atoms with E-state index in [0.717, 1.165) is 10.0 Å². The van der Waals surface area contributed by atoms with Gasteiger partial charge in [0.2, 0.25) is 0 Å². The molecule has 0 heterocycles. The number of halogens is 3. The first-order valence-corrected chi connectivity index (χ1v) is 10.9. The zero-order chi connectivity index (χ0) is 23.1. The van der Waals surface area contributed by atoms with Crippen molar-refractivity contribution in [3.05, 3.63) is 91.9 Å². The lowest BCUT2D eigenvalue weighted by Crippen LogP contribution is -2.24. The van der Waals surface area contributed by atoms with E-state index in [1.807, 2.05) is 19.1 Å². The molecule has 3 rings (SSSR count). The molecule has 0 saturated carbocycles. The minimum Gasteiger partial charge on any atom is -0.482 e. The molecular formula is C23H17BrCl2N2O4. The highest BCUT2D eigenvalue weighted by Gasteiger charge is 2.13. The molecule has 0 aromatic heterocycles. The van der Waals surface area contributed by atoms with Crippen molar-refractivity contribution >= 4 is 57.2 Å². The van der Waals surface area contributed by atoms with Crippen LogP contribution in [0.3, 0.4) is 0 Å². The summed E-state index contributed by atoms with van der Waals surface area (Å²) >= 11 is 15.2. The summed E-state index contributed by atoms with van der Waals surface area (Å²) in [4.78, 5) is 24.6. The van der Waals surface area contributed by atoms with Gasteiger partial charge in [0.05, 0.1) is 16.8 Å². The quantitative estimate of drug-likeness (QED) is 0.179. The Kier molecular flexibility index (Phi) is 8.27. The maximum Gasteiger partial charge on any atom is 0.343 e. The number of hydrogen-bond donors (Lipinski definition) is 1. The Balaban J connectivity index is 1.63. The van der Waals surface area contributed by atoms with Gasteiger partial charge in [-0.25, -0.2) is 10.2 Å². The third kappa shape index (κ3) is 6.56. The van der Waals surface area contributed by atoms with Crippen molar-refractivity contribution in [1.29, 1.82) is 0 Å². The van der Waals surface area contributed by atoms with Gasteiger partial charge in [-0.2, -0.15) is 5.10 Å². The number of nitrogens with zero attached hydrogens (tertiary/aromatic N) is 1. The molecule has 1 amide bonds. The van der Waals surface area contributed by atoms with Crippen LogP contribution < -0.4 is 14.9 Å². The summed E-state index contributed by atoms with van der Waals surface area (Å²) in [6, 6.07) is 16.9. The Hall–Kier alpha value is -2.87. The van der Waals surface area contributed by atoms with E-state index in [0.29, 0.717) is 32.7 Å². The largest absolute Gasteiger partial charge is 0.482 e. The Morgan fingerprint density at radius 2 is 1.81 bits per heavy atom. The maximum absolute atomic E-state index is 12.5. The van der Waals surface area contributed by atoms with Crippen LogP contribution in [-0.2, 0) is 4.79 Å². The van der Waals surface area contributed by atoms with Gasteiger partial charge < -0.3 is 9.47 Å². The standard InChI is InChI=1S/C23H17BrCl2N2O4/c1-14-4-2-3-5-18(14)23(30)32-20-8-6-16(24)10-15(20)12-27-28-22(29)13-31-21-9-7-17(25)11-19(21)26/h2-12H,13H2,1H3,(H,28,29)/b27-12+. The highest BCUT2D eigenvalue weighted by Crippen LogP contribution is 2.27. The number of benzene rings is 3. The first-order chi connectivity index (χ1) is 15.3. The van der Waals surface area contributed by atoms with Crippen molar-refractivity contribution in [3.8, 4) is 11.5 Å². The predicted molar refractivity (Wildman–Crippen MR) is 128 cm³/mol. The minimum atomic E-state index is -0.499. The fourth-order valence-electron chi connectivity index (χ4n) is 2.61. The van der Waals surface area contributed by atoms with Crippen molar-refractivity contribution < 1.29 is 19.1 Å². The zero-order valence-electron chi connectivity index (χ0n) is 16.8. The lowest BCUT2D eigenvalue weighted by Gasteiger charge is -2.09. The fourth-order valence-corrected chi connectivity index (χ4v) is 3.45. The summed E-state index contributed by atoms with van der Waals surface area (Å²) in [5, 5.41) is 4.68. The van der Waals surface area contributed by atoms with Gasteiger partial charge in [0.1, 0.15) is 11.5 Å². The topological polar surface area (TPSA) is 77.0 Å². The molecular weight excluding hydrogens is 519 g/mol. The fraction of sp³-hybridized carbons (Fsp3) is 0.0870. The number of nitrogens with one attached hydrogen (secondary N) is 1. The summed E-state index contributed by atoms with van der Waals surface area (Å²) in [6.45, 7) is 1.53. The van der Waals surface area contributed by atoms with Crippen molar-refractivity contribution in [3.63, 3.8) is 0 Å². The lowest BCUT2D eigenvalue weighted by molar-refractivity contribution is -0.123. The summed E-state index contributed by atoms with van der Waals surface area (Å²) in [5.41, 5.74) is 4.11. The van der Waals surface area contributed by atoms with Gasteiger partial charge in [-0.1, -0.05) is 57.3 Å². The van der Waals surface area contributed by atoms with E-state index >= 15 is 0 Å². The number of carbonyl (C=O) groups is 2. The SMILES string of the molecule is Cc1ccccc1C(=O)Oc1ccc(Br)cc1/C=N/NC(=O)COc1ccc(Cl)cc1Cl. The Morgan fingerprint density at radius 3 is 2.56 bits per heavy atom. The molecule has 0 fully saturated rings. The number of esters is 1. The van der Waals surface area contributed by atoms with Crippen LogP contribution in [0.4, 0.5) is 0 Å². The number of hydrazone groups is 1. The van der Waals surface area contributed by atoms with Crippen molar-refractivity contribution in [2.24, 2.45) is 5.10 Å². The third-order valence-electron chi connectivity index (χ3n) is 4.19. The second-order valence-corrected chi connectivity index (χ2v) is 8.30. The number of aryl methyl sites for hydroxylation is 1. The molecule has 0 unspecified atom stereocenters. The van der Waals surface area contributed by atoms with Crippen molar-refractivity contribution in [1.82, 2.24) is 5.43 Å². The van der Waals surface area contributed by atoms with Gasteiger partial charge in [-0.05, 0) is 55.0 Å². The predicted octanol–water partition coefficient (Wildman–Crippen LogP) is 5.81. The molecule has 0 spiro atoms. The molecule has 6 nitrogen and oxygen atoms in total. The Morgan fingerprint density at radius 1 is 1.06 bits per heavy atom. The highest BCUT2D eigenvalue weighted by molar-refractivity contribution is 9.10. The summed E-state index contributed by atoms with van der Waals surface area (Å²) < 4.78 is 11.6. The molecule has 0 saturated heterocycles. The number of rotatable bonds is 7. The van der Waals surface area contributed by atoms with Crippen LogP contribution in [-0.4, -0.2) is 24.7 Å². The third-order valence-corrected chi connectivity index (χ3v) is 5.21. The maximum atomic E-state index is 12.5. The molecule has 0 aliphatic rings. The van der Waals surface area contributed by atoms with Crippen molar-refractivity contribution in [2.45, 2.75) is 6.92 Å². The van der Waals surface area contributed by atoms with E-state index < -0.39 is 11.9 Å². The van der Waals surface area contributed by atoms with E-state index in [4.69, 9.17) is 32.7 Å². The number of carbonyl (C=O) groups excluding carboxylic acids is 2. The van der Waals surface area contributed by atoms with Gasteiger partial charge in [-0.3, -0.25) is 4.79 Å².